The maximum absolute atomic E-state index is 12.7. The van der Waals surface area contributed by atoms with E-state index in [9.17, 15) is 18.0 Å². The van der Waals surface area contributed by atoms with E-state index in [-0.39, 0.29) is 5.65 Å². The number of hydrogen-bond acceptors (Lipinski definition) is 3. The number of hydrogen-bond donors (Lipinski definition) is 0. The first-order valence-electron chi connectivity index (χ1n) is 5.98. The van der Waals surface area contributed by atoms with Crippen molar-refractivity contribution < 1.29 is 13.2 Å². The molecule has 0 aliphatic rings. The molecule has 1 aromatic carbocycles. The van der Waals surface area contributed by atoms with Gasteiger partial charge in [0, 0.05) is 18.1 Å². The Bertz CT molecular complexity index is 879. The van der Waals surface area contributed by atoms with E-state index in [1.54, 1.807) is 18.2 Å². The average molecular weight is 294 g/mol. The van der Waals surface area contributed by atoms with Gasteiger partial charge in [0.15, 0.2) is 0 Å². The molecule has 0 amide bonds. The Morgan fingerprint density at radius 2 is 1.90 bits per heavy atom. The van der Waals surface area contributed by atoms with Crippen molar-refractivity contribution in [3.8, 4) is 5.69 Å². The molecule has 108 valence electrons. The van der Waals surface area contributed by atoms with Crippen LogP contribution in [0.15, 0.2) is 41.5 Å². The Morgan fingerprint density at radius 1 is 1.14 bits per heavy atom. The molecule has 0 unspecified atom stereocenters. The van der Waals surface area contributed by atoms with Crippen molar-refractivity contribution in [2.24, 2.45) is 0 Å². The molecule has 0 N–H and O–H groups in total. The molecule has 8 heteroatoms. The molecule has 0 atom stereocenters. The number of aryl methyl sites for hydroxylation is 1. The van der Waals surface area contributed by atoms with Crippen molar-refractivity contribution in [1.29, 1.82) is 0 Å². The number of rotatable bonds is 1. The maximum atomic E-state index is 12.7. The van der Waals surface area contributed by atoms with Gasteiger partial charge in [-0.1, -0.05) is 12.1 Å². The van der Waals surface area contributed by atoms with Crippen LogP contribution in [0.5, 0.6) is 0 Å². The van der Waals surface area contributed by atoms with Crippen molar-refractivity contribution in [1.82, 2.24) is 19.2 Å². The van der Waals surface area contributed by atoms with Crippen molar-refractivity contribution in [3.63, 3.8) is 0 Å². The summed E-state index contributed by atoms with van der Waals surface area (Å²) in [5.41, 5.74) is 0.452. The van der Waals surface area contributed by atoms with Gasteiger partial charge in [-0.2, -0.15) is 13.2 Å². The Kier molecular flexibility index (Phi) is 2.82. The highest BCUT2D eigenvalue weighted by Crippen LogP contribution is 2.27. The second kappa shape index (κ2) is 4.44. The van der Waals surface area contributed by atoms with Gasteiger partial charge < -0.3 is 0 Å². The van der Waals surface area contributed by atoms with Crippen molar-refractivity contribution in [2.75, 3.05) is 0 Å². The molecule has 0 bridgehead atoms. The highest BCUT2D eigenvalue weighted by molar-refractivity contribution is 5.42. The summed E-state index contributed by atoms with van der Waals surface area (Å²) in [7, 11) is 0. The molecule has 0 spiro atoms. The van der Waals surface area contributed by atoms with E-state index in [2.05, 4.69) is 10.2 Å². The highest BCUT2D eigenvalue weighted by atomic mass is 19.4. The predicted molar refractivity (Wildman–Crippen MR) is 68.3 cm³/mol. The van der Waals surface area contributed by atoms with E-state index in [0.29, 0.717) is 10.1 Å². The molecular formula is C13H9F3N4O. The van der Waals surface area contributed by atoms with Crippen LogP contribution in [0, 0.1) is 6.92 Å². The van der Waals surface area contributed by atoms with E-state index < -0.39 is 17.6 Å². The van der Waals surface area contributed by atoms with Crippen LogP contribution in [0.25, 0.3) is 11.3 Å². The molecule has 0 fully saturated rings. The third-order valence-electron chi connectivity index (χ3n) is 3.00. The van der Waals surface area contributed by atoms with Crippen LogP contribution in [0.3, 0.4) is 0 Å². The average Bonchev–Trinajstić information content (AvgIpc) is 2.83. The molecule has 2 aromatic heterocycles. The summed E-state index contributed by atoms with van der Waals surface area (Å²) < 4.78 is 40.1. The van der Waals surface area contributed by atoms with Gasteiger partial charge in [0.25, 0.3) is 0 Å². The lowest BCUT2D eigenvalue weighted by Crippen LogP contribution is -2.21. The van der Waals surface area contributed by atoms with Gasteiger partial charge in [-0.15, -0.1) is 10.2 Å². The molecule has 2 heterocycles. The van der Waals surface area contributed by atoms with Crippen LogP contribution < -0.4 is 5.56 Å². The smallest absolute Gasteiger partial charge is 0.280 e. The second-order valence-corrected chi connectivity index (χ2v) is 4.53. The van der Waals surface area contributed by atoms with Crippen LogP contribution in [0.1, 0.15) is 11.4 Å². The summed E-state index contributed by atoms with van der Waals surface area (Å²) >= 11 is 0. The summed E-state index contributed by atoms with van der Waals surface area (Å²) in [4.78, 5) is 12.3. The monoisotopic (exact) mass is 294 g/mol. The molecule has 0 aliphatic heterocycles. The van der Waals surface area contributed by atoms with Crippen LogP contribution in [0.4, 0.5) is 13.2 Å². The molecular weight excluding hydrogens is 285 g/mol. The SMILES string of the molecule is Cc1cccc(-n2ccn3c(C(F)(F)F)nnc3c2=O)c1. The number of benzene rings is 1. The van der Waals surface area contributed by atoms with Gasteiger partial charge in [0.1, 0.15) is 0 Å². The Morgan fingerprint density at radius 3 is 2.57 bits per heavy atom. The Labute approximate surface area is 116 Å². The largest absolute Gasteiger partial charge is 0.452 e. The fourth-order valence-electron chi connectivity index (χ4n) is 2.06. The van der Waals surface area contributed by atoms with Gasteiger partial charge in [0.2, 0.25) is 11.5 Å². The molecule has 0 saturated heterocycles. The third kappa shape index (κ3) is 2.18. The van der Waals surface area contributed by atoms with Crippen LogP contribution in [-0.4, -0.2) is 19.2 Å². The predicted octanol–water partition coefficient (Wildman–Crippen LogP) is 2.21. The van der Waals surface area contributed by atoms with Crippen molar-refractivity contribution >= 4 is 5.65 Å². The van der Waals surface area contributed by atoms with Gasteiger partial charge in [0.05, 0.1) is 0 Å². The van der Waals surface area contributed by atoms with Crippen LogP contribution >= 0.6 is 0 Å². The minimum Gasteiger partial charge on any atom is -0.280 e. The van der Waals surface area contributed by atoms with Gasteiger partial charge in [-0.3, -0.25) is 13.8 Å². The number of halogens is 3. The standard InChI is InChI=1S/C13H9F3N4O/c1-8-3-2-4-9(7-8)19-5-6-20-10(11(19)21)17-18-12(20)13(14,15)16/h2-7H,1H3. The minimum absolute atomic E-state index is 0.369. The maximum Gasteiger partial charge on any atom is 0.452 e. The minimum atomic E-state index is -4.67. The molecule has 21 heavy (non-hydrogen) atoms. The zero-order valence-corrected chi connectivity index (χ0v) is 10.8. The first-order chi connectivity index (χ1) is 9.88. The van der Waals surface area contributed by atoms with E-state index in [0.717, 1.165) is 11.8 Å². The lowest BCUT2D eigenvalue weighted by molar-refractivity contribution is -0.145. The van der Waals surface area contributed by atoms with Crippen molar-refractivity contribution in [3.05, 3.63) is 58.4 Å². The molecule has 0 radical (unpaired) electrons. The summed E-state index contributed by atoms with van der Waals surface area (Å²) in [5, 5.41) is 6.41. The van der Waals surface area contributed by atoms with Gasteiger partial charge in [-0.25, -0.2) is 0 Å². The van der Waals surface area contributed by atoms with Crippen LogP contribution in [-0.2, 0) is 6.18 Å². The second-order valence-electron chi connectivity index (χ2n) is 4.53. The normalized spacial score (nSPS) is 12.0. The molecule has 3 aromatic rings. The number of alkyl halides is 3. The lowest BCUT2D eigenvalue weighted by atomic mass is 10.2. The Balaban J connectivity index is 2.25. The van der Waals surface area contributed by atoms with E-state index in [1.165, 1.54) is 10.8 Å². The summed E-state index contributed by atoms with van der Waals surface area (Å²) in [6.45, 7) is 1.85. The van der Waals surface area contributed by atoms with Crippen molar-refractivity contribution in [2.45, 2.75) is 13.1 Å². The van der Waals surface area contributed by atoms with Crippen LogP contribution in [0.2, 0.25) is 0 Å². The summed E-state index contributed by atoms with van der Waals surface area (Å²) in [6.07, 6.45) is -2.27. The summed E-state index contributed by atoms with van der Waals surface area (Å²) in [6, 6.07) is 7.04. The zero-order chi connectivity index (χ0) is 15.2. The third-order valence-corrected chi connectivity index (χ3v) is 3.00. The molecule has 5 nitrogen and oxygen atoms in total. The quantitative estimate of drug-likeness (QED) is 0.691. The van der Waals surface area contributed by atoms with E-state index in [1.807, 2.05) is 13.0 Å². The van der Waals surface area contributed by atoms with Gasteiger partial charge in [-0.05, 0) is 24.6 Å². The number of aromatic nitrogens is 4. The van der Waals surface area contributed by atoms with Gasteiger partial charge >= 0.3 is 11.7 Å². The fourth-order valence-corrected chi connectivity index (χ4v) is 2.06. The summed E-state index contributed by atoms with van der Waals surface area (Å²) in [5.74, 6) is -1.22. The first-order valence-corrected chi connectivity index (χ1v) is 5.98. The molecule has 0 saturated carbocycles. The molecule has 3 rings (SSSR count). The highest BCUT2D eigenvalue weighted by Gasteiger charge is 2.37. The number of fused-ring (bicyclic) bond motifs is 1. The lowest BCUT2D eigenvalue weighted by Gasteiger charge is -2.08. The topological polar surface area (TPSA) is 52.2 Å². The van der Waals surface area contributed by atoms with E-state index in [4.69, 9.17) is 0 Å². The molecule has 0 aliphatic carbocycles. The number of nitrogens with zero attached hydrogens (tertiary/aromatic N) is 4. The fraction of sp³-hybridized carbons (Fsp3) is 0.154. The van der Waals surface area contributed by atoms with E-state index >= 15 is 0 Å². The Hall–Kier alpha value is -2.64. The zero-order valence-electron chi connectivity index (χ0n) is 10.8. The first kappa shape index (κ1) is 13.3.